The van der Waals surface area contributed by atoms with Crippen LogP contribution in [0.5, 0.6) is 0 Å². The van der Waals surface area contributed by atoms with Gasteiger partial charge in [-0.1, -0.05) is 0 Å². The van der Waals surface area contributed by atoms with E-state index in [1.807, 2.05) is 0 Å². The van der Waals surface area contributed by atoms with Crippen LogP contribution >= 0.6 is 12.6 Å². The van der Waals surface area contributed by atoms with Crippen molar-refractivity contribution in [2.75, 3.05) is 5.75 Å². The molecule has 42 valence electrons. The molecule has 0 rings (SSSR count). The Bertz CT molecular complexity index is 75.3. The van der Waals surface area contributed by atoms with Crippen molar-refractivity contribution in [2.24, 2.45) is 5.73 Å². The molecule has 0 spiro atoms. The van der Waals surface area contributed by atoms with Crippen LogP contribution in [0.1, 0.15) is 0 Å². The molecule has 0 amide bonds. The minimum absolute atomic E-state index is 0.190. The van der Waals surface area contributed by atoms with E-state index in [1.54, 1.807) is 0 Å². The number of rotatable bonds is 2. The van der Waals surface area contributed by atoms with Crippen LogP contribution in [0.15, 0.2) is 0 Å². The molecule has 0 aromatic carbocycles. The lowest BCUT2D eigenvalue weighted by molar-refractivity contribution is -0.137. The molecular formula is C3H7NO2S. The highest BCUT2D eigenvalue weighted by atomic mass is 32.1. The molecule has 0 aliphatic rings. The Morgan fingerprint density at radius 2 is 2.43 bits per heavy atom. The van der Waals surface area contributed by atoms with Gasteiger partial charge in [0.2, 0.25) is 0 Å². The highest BCUT2D eigenvalue weighted by Gasteiger charge is 2.06. The molecule has 0 saturated heterocycles. The topological polar surface area (TPSA) is 63.3 Å². The normalized spacial score (nSPS) is 13.4. The third-order valence-corrected chi connectivity index (χ3v) is 0.907. The lowest BCUT2D eigenvalue weighted by Gasteiger charge is -1.96. The van der Waals surface area contributed by atoms with Crippen LogP contribution in [-0.4, -0.2) is 22.9 Å². The van der Waals surface area contributed by atoms with E-state index in [4.69, 9.17) is 10.8 Å². The van der Waals surface area contributed by atoms with Gasteiger partial charge < -0.3 is 10.8 Å². The van der Waals surface area contributed by atoms with E-state index in [1.165, 1.54) is 0 Å². The molecule has 0 aliphatic heterocycles. The maximum Gasteiger partial charge on any atom is 0.321 e. The summed E-state index contributed by atoms with van der Waals surface area (Å²) >= 11 is 3.65. The van der Waals surface area contributed by atoms with Crippen LogP contribution in [0.25, 0.3) is 0 Å². The molecule has 0 unspecified atom stereocenters. The van der Waals surface area contributed by atoms with Gasteiger partial charge in [-0.25, -0.2) is 0 Å². The summed E-state index contributed by atoms with van der Waals surface area (Å²) in [5.41, 5.74) is 4.94. The number of hydrogen-bond acceptors (Lipinski definition) is 3. The van der Waals surface area contributed by atoms with E-state index in [0.29, 0.717) is 0 Å². The molecule has 0 saturated carbocycles. The van der Waals surface area contributed by atoms with Crippen LogP contribution in [-0.2, 0) is 4.79 Å². The molecule has 0 aromatic heterocycles. The third kappa shape index (κ3) is 2.47. The van der Waals surface area contributed by atoms with Gasteiger partial charge in [-0.3, -0.25) is 4.79 Å². The summed E-state index contributed by atoms with van der Waals surface area (Å²) in [6, 6.07) is -0.816. The number of carboxylic acid groups (broad SMARTS) is 1. The van der Waals surface area contributed by atoms with Crippen LogP contribution in [0.3, 0.4) is 0 Å². The summed E-state index contributed by atoms with van der Waals surface area (Å²) in [4.78, 5) is 9.76. The Labute approximate surface area is 46.9 Å². The quantitative estimate of drug-likeness (QED) is 0.260. The Kier molecular flexibility index (Phi) is 2.78. The Balaban J connectivity index is 3.34. The summed E-state index contributed by atoms with van der Waals surface area (Å²) < 4.78 is 0. The molecule has 3 nitrogen and oxygen atoms in total. The first kappa shape index (κ1) is 6.78. The first-order chi connectivity index (χ1) is 3.18. The Hall–Kier alpha value is -0.220. The average molecular weight is 125 g/mol. The van der Waals surface area contributed by atoms with Gasteiger partial charge >= 0.3 is 5.97 Å². The molecule has 0 bridgehead atoms. The fourth-order valence-electron chi connectivity index (χ4n) is 0.0781. The molecule has 0 heterocycles. The van der Waals surface area contributed by atoms with Crippen molar-refractivity contribution in [3.8, 4) is 0 Å². The number of carbonyl (C=O) groups is 1. The minimum atomic E-state index is -1.00. The third-order valence-electron chi connectivity index (χ3n) is 0.514. The lowest BCUT2D eigenvalue weighted by atomic mass is 11.4. The monoisotopic (exact) mass is 125 g/mol. The second-order valence-electron chi connectivity index (χ2n) is 1.13. The fourth-order valence-corrected chi connectivity index (χ4v) is 0.234. The summed E-state index contributed by atoms with van der Waals surface area (Å²) in [5.74, 6) is -0.815. The molecule has 0 aliphatic carbocycles. The van der Waals surface area contributed by atoms with Gasteiger partial charge in [0.1, 0.15) is 6.04 Å². The van der Waals surface area contributed by atoms with Crippen molar-refractivity contribution < 1.29 is 9.90 Å². The van der Waals surface area contributed by atoms with Crippen LogP contribution < -0.4 is 5.73 Å². The predicted molar refractivity (Wildman–Crippen MR) is 29.5 cm³/mol. The van der Waals surface area contributed by atoms with Crippen molar-refractivity contribution in [1.82, 2.24) is 0 Å². The number of aliphatic carboxylic acids is 1. The summed E-state index contributed by atoms with van der Waals surface area (Å²) in [5, 5.41) is 8.01. The SMILES string of the molecule is [15NH2][13C@H]([13CH2]S)[13C](=O)O. The first-order valence-corrected chi connectivity index (χ1v) is 2.41. The lowest BCUT2D eigenvalue weighted by Crippen LogP contribution is -2.31. The van der Waals surface area contributed by atoms with Crippen LogP contribution in [0, 0.1) is 0 Å². The number of thiol groups is 1. The van der Waals surface area contributed by atoms with E-state index >= 15 is 0 Å². The van der Waals surface area contributed by atoms with Crippen LogP contribution in [0.4, 0.5) is 0 Å². The van der Waals surface area contributed by atoms with E-state index in [-0.39, 0.29) is 5.75 Å². The molecule has 0 aromatic rings. The number of nitrogens with two attached hydrogens (primary N) is 1. The molecule has 4 heteroatoms. The van der Waals surface area contributed by atoms with Crippen molar-refractivity contribution in [3.63, 3.8) is 0 Å². The molecular weight excluding hydrogens is 118 g/mol. The first-order valence-electron chi connectivity index (χ1n) is 1.77. The molecule has 7 heavy (non-hydrogen) atoms. The largest absolute Gasteiger partial charge is 0.480 e. The predicted octanol–water partition coefficient (Wildman–Crippen LogP) is -0.672. The maximum atomic E-state index is 9.76. The van der Waals surface area contributed by atoms with E-state index in [0.717, 1.165) is 0 Å². The second kappa shape index (κ2) is 2.87. The van der Waals surface area contributed by atoms with Crippen LogP contribution in [0.2, 0.25) is 0 Å². The van der Waals surface area contributed by atoms with Crippen molar-refractivity contribution >= 4 is 18.6 Å². The highest BCUT2D eigenvalue weighted by molar-refractivity contribution is 7.80. The van der Waals surface area contributed by atoms with Gasteiger partial charge in [0.05, 0.1) is 0 Å². The van der Waals surface area contributed by atoms with Gasteiger partial charge in [-0.05, 0) is 0 Å². The zero-order valence-corrected chi connectivity index (χ0v) is 4.56. The van der Waals surface area contributed by atoms with Crippen molar-refractivity contribution in [3.05, 3.63) is 0 Å². The van der Waals surface area contributed by atoms with Gasteiger partial charge in [0.25, 0.3) is 0 Å². The van der Waals surface area contributed by atoms with E-state index < -0.39 is 12.0 Å². The standard InChI is InChI=1S/C3H7NO2S/c4-2(1-7)3(5)6/h2,7H,1,4H2,(H,5,6)/t2-/m1/s1/i1+1,2+1,3+1,4+1. The van der Waals surface area contributed by atoms with Crippen molar-refractivity contribution in [1.29, 1.82) is 0 Å². The smallest absolute Gasteiger partial charge is 0.321 e. The molecule has 0 fully saturated rings. The zero-order chi connectivity index (χ0) is 5.86. The fraction of sp³-hybridized carbons (Fsp3) is 0.667. The zero-order valence-electron chi connectivity index (χ0n) is 3.66. The van der Waals surface area contributed by atoms with E-state index in [9.17, 15) is 4.79 Å². The van der Waals surface area contributed by atoms with Gasteiger partial charge in [-0.15, -0.1) is 0 Å². The molecule has 3 N–H and O–H groups in total. The Morgan fingerprint density at radius 3 is 2.43 bits per heavy atom. The van der Waals surface area contributed by atoms with Gasteiger partial charge in [0, 0.05) is 5.75 Å². The average Bonchev–Trinajstić information content (AvgIpc) is 1.65. The Morgan fingerprint density at radius 1 is 2.00 bits per heavy atom. The highest BCUT2D eigenvalue weighted by Crippen LogP contribution is 1.80. The van der Waals surface area contributed by atoms with Gasteiger partial charge in [-0.2, -0.15) is 12.6 Å². The summed E-state index contributed by atoms with van der Waals surface area (Å²) in [6.07, 6.45) is 0. The maximum absolute atomic E-state index is 9.76. The number of carboxylic acids is 1. The molecule has 1 atom stereocenters. The summed E-state index contributed by atoms with van der Waals surface area (Å²) in [7, 11) is 0. The van der Waals surface area contributed by atoms with Crippen molar-refractivity contribution in [2.45, 2.75) is 6.04 Å². The minimum Gasteiger partial charge on any atom is -0.480 e. The second-order valence-corrected chi connectivity index (χ2v) is 1.49. The van der Waals surface area contributed by atoms with Gasteiger partial charge in [0.15, 0.2) is 0 Å². The number of hydrogen-bond donors (Lipinski definition) is 3. The summed E-state index contributed by atoms with van der Waals surface area (Å²) in [6.45, 7) is 0. The van der Waals surface area contributed by atoms with E-state index in [2.05, 4.69) is 12.6 Å². The molecule has 0 radical (unpaired) electrons.